The van der Waals surface area contributed by atoms with Crippen LogP contribution in [0, 0.1) is 5.92 Å². The first kappa shape index (κ1) is 14.1. The topological polar surface area (TPSA) is 21.3 Å². The third-order valence-electron chi connectivity index (χ3n) is 3.83. The van der Waals surface area contributed by atoms with E-state index in [-0.39, 0.29) is 5.41 Å². The van der Waals surface area contributed by atoms with Crippen molar-refractivity contribution in [3.8, 4) is 0 Å². The van der Waals surface area contributed by atoms with Gasteiger partial charge in [-0.3, -0.25) is 0 Å². The normalized spacial score (nSPS) is 26.3. The Morgan fingerprint density at radius 2 is 2.22 bits per heavy atom. The third-order valence-corrected chi connectivity index (χ3v) is 4.39. The van der Waals surface area contributed by atoms with Crippen LogP contribution in [0.15, 0.2) is 18.2 Å². The van der Waals surface area contributed by atoms with Gasteiger partial charge in [-0.2, -0.15) is 0 Å². The van der Waals surface area contributed by atoms with Crippen molar-refractivity contribution in [1.82, 2.24) is 5.32 Å². The van der Waals surface area contributed by atoms with Gasteiger partial charge in [-0.05, 0) is 48.1 Å². The molecule has 2 unspecified atom stereocenters. The number of rotatable bonds is 6. The fourth-order valence-electron chi connectivity index (χ4n) is 2.47. The van der Waals surface area contributed by atoms with Gasteiger partial charge in [-0.25, -0.2) is 0 Å². The maximum absolute atomic E-state index is 6.27. The van der Waals surface area contributed by atoms with Crippen LogP contribution in [0.4, 0.5) is 0 Å². The molecule has 2 nitrogen and oxygen atoms in total. The van der Waals surface area contributed by atoms with E-state index in [9.17, 15) is 0 Å². The third kappa shape index (κ3) is 3.00. The SMILES string of the molecule is COCCNCC1CC1(C)c1cc(Cl)ccc1Cl. The van der Waals surface area contributed by atoms with Crippen molar-refractivity contribution in [2.75, 3.05) is 26.8 Å². The molecule has 100 valence electrons. The summed E-state index contributed by atoms with van der Waals surface area (Å²) in [6.45, 7) is 4.91. The quantitative estimate of drug-likeness (QED) is 0.809. The van der Waals surface area contributed by atoms with Gasteiger partial charge in [0.1, 0.15) is 0 Å². The van der Waals surface area contributed by atoms with Gasteiger partial charge >= 0.3 is 0 Å². The van der Waals surface area contributed by atoms with Crippen LogP contribution in [0.1, 0.15) is 18.9 Å². The summed E-state index contributed by atoms with van der Waals surface area (Å²) in [7, 11) is 1.72. The van der Waals surface area contributed by atoms with Crippen LogP contribution in [0.5, 0.6) is 0 Å². The van der Waals surface area contributed by atoms with Crippen LogP contribution >= 0.6 is 23.2 Å². The summed E-state index contributed by atoms with van der Waals surface area (Å²) in [6, 6.07) is 5.72. The van der Waals surface area contributed by atoms with Crippen molar-refractivity contribution in [2.45, 2.75) is 18.8 Å². The van der Waals surface area contributed by atoms with Crippen LogP contribution in [-0.4, -0.2) is 26.8 Å². The summed E-state index contributed by atoms with van der Waals surface area (Å²) in [5.41, 5.74) is 1.34. The van der Waals surface area contributed by atoms with Gasteiger partial charge in [0.2, 0.25) is 0 Å². The Balaban J connectivity index is 1.95. The number of nitrogens with one attached hydrogen (secondary N) is 1. The second-order valence-electron chi connectivity index (χ2n) is 5.14. The molecule has 1 N–H and O–H groups in total. The highest BCUT2D eigenvalue weighted by Gasteiger charge is 2.51. The zero-order chi connectivity index (χ0) is 13.2. The minimum absolute atomic E-state index is 0.169. The summed E-state index contributed by atoms with van der Waals surface area (Å²) in [4.78, 5) is 0. The Morgan fingerprint density at radius 3 is 2.94 bits per heavy atom. The van der Waals surface area contributed by atoms with E-state index >= 15 is 0 Å². The summed E-state index contributed by atoms with van der Waals surface area (Å²) in [6.07, 6.45) is 1.16. The molecule has 0 amide bonds. The fraction of sp³-hybridized carbons (Fsp3) is 0.571. The summed E-state index contributed by atoms with van der Waals surface area (Å²) < 4.78 is 5.01. The lowest BCUT2D eigenvalue weighted by Gasteiger charge is -2.14. The van der Waals surface area contributed by atoms with Crippen LogP contribution < -0.4 is 5.32 Å². The van der Waals surface area contributed by atoms with Crippen molar-refractivity contribution in [1.29, 1.82) is 0 Å². The predicted molar refractivity (Wildman–Crippen MR) is 76.7 cm³/mol. The van der Waals surface area contributed by atoms with Crippen LogP contribution in [0.3, 0.4) is 0 Å². The Labute approximate surface area is 119 Å². The second-order valence-corrected chi connectivity index (χ2v) is 5.98. The van der Waals surface area contributed by atoms with Crippen LogP contribution in [0.2, 0.25) is 10.0 Å². The van der Waals surface area contributed by atoms with E-state index in [4.69, 9.17) is 27.9 Å². The number of halogens is 2. The zero-order valence-corrected chi connectivity index (χ0v) is 12.3. The highest BCUT2D eigenvalue weighted by atomic mass is 35.5. The molecule has 4 heteroatoms. The minimum Gasteiger partial charge on any atom is -0.383 e. The molecule has 1 aromatic carbocycles. The Bertz CT molecular complexity index is 424. The molecule has 2 rings (SSSR count). The van der Waals surface area contributed by atoms with Gasteiger partial charge in [0, 0.05) is 23.7 Å². The van der Waals surface area contributed by atoms with Gasteiger partial charge in [0.05, 0.1) is 6.61 Å². The number of methoxy groups -OCH3 is 1. The van der Waals surface area contributed by atoms with E-state index < -0.39 is 0 Å². The molecular weight excluding hydrogens is 269 g/mol. The molecule has 1 aliphatic carbocycles. The maximum atomic E-state index is 6.27. The number of ether oxygens (including phenoxy) is 1. The van der Waals surface area contributed by atoms with Crippen molar-refractivity contribution in [3.63, 3.8) is 0 Å². The Morgan fingerprint density at radius 1 is 1.44 bits per heavy atom. The second kappa shape index (κ2) is 5.79. The molecule has 1 aromatic rings. The molecule has 1 saturated carbocycles. The molecule has 0 aromatic heterocycles. The highest BCUT2D eigenvalue weighted by molar-refractivity contribution is 6.33. The first-order valence-corrected chi connectivity index (χ1v) is 6.98. The number of hydrogen-bond acceptors (Lipinski definition) is 2. The standard InChI is InChI=1S/C14H19Cl2NO/c1-14(8-10(14)9-17-5-6-18-2)12-7-11(15)3-4-13(12)16/h3-4,7,10,17H,5-6,8-9H2,1-2H3. The van der Waals surface area contributed by atoms with E-state index in [1.54, 1.807) is 7.11 Å². The average molecular weight is 288 g/mol. The van der Waals surface area contributed by atoms with E-state index in [2.05, 4.69) is 12.2 Å². The molecule has 18 heavy (non-hydrogen) atoms. The van der Waals surface area contributed by atoms with E-state index in [0.717, 1.165) is 36.2 Å². The lowest BCUT2D eigenvalue weighted by Crippen LogP contribution is -2.24. The van der Waals surface area contributed by atoms with Crippen molar-refractivity contribution in [3.05, 3.63) is 33.8 Å². The van der Waals surface area contributed by atoms with Gasteiger partial charge in [0.25, 0.3) is 0 Å². The molecule has 0 radical (unpaired) electrons. The zero-order valence-electron chi connectivity index (χ0n) is 10.8. The lowest BCUT2D eigenvalue weighted by molar-refractivity contribution is 0.199. The number of hydrogen-bond donors (Lipinski definition) is 1. The number of benzene rings is 1. The van der Waals surface area contributed by atoms with Crippen molar-refractivity contribution >= 4 is 23.2 Å². The summed E-state index contributed by atoms with van der Waals surface area (Å²) in [5.74, 6) is 0.630. The lowest BCUT2D eigenvalue weighted by atomic mass is 9.95. The molecule has 2 atom stereocenters. The van der Waals surface area contributed by atoms with Crippen molar-refractivity contribution in [2.24, 2.45) is 5.92 Å². The van der Waals surface area contributed by atoms with Gasteiger partial charge < -0.3 is 10.1 Å². The van der Waals surface area contributed by atoms with Gasteiger partial charge in [-0.1, -0.05) is 30.1 Å². The Hall–Kier alpha value is -0.280. The molecule has 0 saturated heterocycles. The monoisotopic (exact) mass is 287 g/mol. The molecule has 0 aliphatic heterocycles. The molecule has 0 spiro atoms. The first-order valence-electron chi connectivity index (χ1n) is 6.23. The molecule has 1 fully saturated rings. The van der Waals surface area contributed by atoms with Gasteiger partial charge in [-0.15, -0.1) is 0 Å². The maximum Gasteiger partial charge on any atom is 0.0587 e. The molecule has 0 heterocycles. The van der Waals surface area contributed by atoms with Crippen LogP contribution in [-0.2, 0) is 10.2 Å². The fourth-order valence-corrected chi connectivity index (χ4v) is 2.97. The average Bonchev–Trinajstić information content (AvgIpc) is 3.00. The molecule has 0 bridgehead atoms. The smallest absolute Gasteiger partial charge is 0.0587 e. The predicted octanol–water partition coefficient (Wildman–Crippen LogP) is 3.51. The minimum atomic E-state index is 0.169. The van der Waals surface area contributed by atoms with E-state index in [1.807, 2.05) is 18.2 Å². The van der Waals surface area contributed by atoms with E-state index in [0.29, 0.717) is 5.92 Å². The first-order chi connectivity index (χ1) is 8.58. The molecular formula is C14H19Cl2NO. The molecule has 1 aliphatic rings. The van der Waals surface area contributed by atoms with E-state index in [1.165, 1.54) is 5.56 Å². The highest BCUT2D eigenvalue weighted by Crippen LogP contribution is 2.55. The van der Waals surface area contributed by atoms with Crippen LogP contribution in [0.25, 0.3) is 0 Å². The Kier molecular flexibility index (Phi) is 4.54. The van der Waals surface area contributed by atoms with Gasteiger partial charge in [0.15, 0.2) is 0 Å². The largest absolute Gasteiger partial charge is 0.383 e. The van der Waals surface area contributed by atoms with Crippen molar-refractivity contribution < 1.29 is 4.74 Å². The summed E-state index contributed by atoms with van der Waals surface area (Å²) in [5, 5.41) is 4.98. The summed E-state index contributed by atoms with van der Waals surface area (Å²) >= 11 is 12.3.